The molecule has 0 saturated heterocycles. The minimum absolute atomic E-state index is 0.0944. The van der Waals surface area contributed by atoms with Gasteiger partial charge in [-0.3, -0.25) is 14.9 Å². The van der Waals surface area contributed by atoms with Gasteiger partial charge in [0.25, 0.3) is 0 Å². The van der Waals surface area contributed by atoms with Crippen LogP contribution in [0.4, 0.5) is 5.69 Å². The summed E-state index contributed by atoms with van der Waals surface area (Å²) in [6.07, 6.45) is 1.14. The van der Waals surface area contributed by atoms with Gasteiger partial charge in [-0.05, 0) is 37.6 Å². The van der Waals surface area contributed by atoms with E-state index in [1.807, 2.05) is 13.0 Å². The van der Waals surface area contributed by atoms with E-state index in [1.165, 1.54) is 0 Å². The molecule has 6 heteroatoms. The number of nitriles is 1. The fourth-order valence-corrected chi connectivity index (χ4v) is 1.88. The molecule has 21 heavy (non-hydrogen) atoms. The summed E-state index contributed by atoms with van der Waals surface area (Å²) in [6, 6.07) is 8.43. The summed E-state index contributed by atoms with van der Waals surface area (Å²) >= 11 is 0. The molecule has 1 aromatic rings. The van der Waals surface area contributed by atoms with Gasteiger partial charge in [0.2, 0.25) is 5.91 Å². The fraction of sp³-hybridized carbons (Fsp3) is 0.400. The second-order valence-corrected chi connectivity index (χ2v) is 4.98. The van der Waals surface area contributed by atoms with E-state index in [4.69, 9.17) is 5.26 Å². The third kappa shape index (κ3) is 4.89. The minimum Gasteiger partial charge on any atom is -0.480 e. The van der Waals surface area contributed by atoms with Crippen LogP contribution < -0.4 is 10.6 Å². The SMILES string of the molecule is CCCC(C)(NCC(=O)Nc1ccc(C#N)cc1)C(=O)O. The number of rotatable bonds is 7. The molecule has 6 nitrogen and oxygen atoms in total. The normalized spacial score (nSPS) is 13.0. The topological polar surface area (TPSA) is 102 Å². The first-order valence-electron chi connectivity index (χ1n) is 6.69. The van der Waals surface area contributed by atoms with Crippen molar-refractivity contribution in [1.82, 2.24) is 5.32 Å². The van der Waals surface area contributed by atoms with Gasteiger partial charge < -0.3 is 10.4 Å². The molecule has 0 radical (unpaired) electrons. The van der Waals surface area contributed by atoms with Crippen LogP contribution in [0.1, 0.15) is 32.3 Å². The molecule has 1 aromatic carbocycles. The summed E-state index contributed by atoms with van der Waals surface area (Å²) in [4.78, 5) is 23.0. The Labute approximate surface area is 123 Å². The van der Waals surface area contributed by atoms with Crippen molar-refractivity contribution in [1.29, 1.82) is 5.26 Å². The molecule has 0 aliphatic heterocycles. The molecule has 0 heterocycles. The van der Waals surface area contributed by atoms with Crippen molar-refractivity contribution in [3.8, 4) is 6.07 Å². The number of carbonyl (C=O) groups excluding carboxylic acids is 1. The van der Waals surface area contributed by atoms with Crippen LogP contribution in [0.3, 0.4) is 0 Å². The standard InChI is InChI=1S/C15H19N3O3/c1-3-8-15(2,14(20)21)17-10-13(19)18-12-6-4-11(9-16)5-7-12/h4-7,17H,3,8,10H2,1-2H3,(H,18,19)(H,20,21). The van der Waals surface area contributed by atoms with Gasteiger partial charge in [-0.25, -0.2) is 0 Å². The van der Waals surface area contributed by atoms with Crippen molar-refractivity contribution in [2.75, 3.05) is 11.9 Å². The van der Waals surface area contributed by atoms with Gasteiger partial charge in [0.1, 0.15) is 5.54 Å². The van der Waals surface area contributed by atoms with Crippen LogP contribution in [0.2, 0.25) is 0 Å². The van der Waals surface area contributed by atoms with Gasteiger partial charge in [0.05, 0.1) is 18.2 Å². The molecule has 1 amide bonds. The van der Waals surface area contributed by atoms with Crippen molar-refractivity contribution in [3.63, 3.8) is 0 Å². The number of amides is 1. The van der Waals surface area contributed by atoms with Gasteiger partial charge in [-0.1, -0.05) is 13.3 Å². The maximum Gasteiger partial charge on any atom is 0.323 e. The average molecular weight is 289 g/mol. The number of carboxylic acids is 1. The third-order valence-corrected chi connectivity index (χ3v) is 3.16. The number of hydrogen-bond acceptors (Lipinski definition) is 4. The average Bonchev–Trinajstić information content (AvgIpc) is 2.46. The van der Waals surface area contributed by atoms with E-state index in [1.54, 1.807) is 31.2 Å². The molecular formula is C15H19N3O3. The van der Waals surface area contributed by atoms with Crippen LogP contribution in [0.25, 0.3) is 0 Å². The highest BCUT2D eigenvalue weighted by Crippen LogP contribution is 2.12. The van der Waals surface area contributed by atoms with E-state index in [0.717, 1.165) is 0 Å². The van der Waals surface area contributed by atoms with Gasteiger partial charge in [0.15, 0.2) is 0 Å². The van der Waals surface area contributed by atoms with E-state index in [0.29, 0.717) is 24.1 Å². The van der Waals surface area contributed by atoms with E-state index in [-0.39, 0.29) is 12.5 Å². The van der Waals surface area contributed by atoms with Crippen LogP contribution >= 0.6 is 0 Å². The highest BCUT2D eigenvalue weighted by molar-refractivity contribution is 5.92. The number of benzene rings is 1. The van der Waals surface area contributed by atoms with E-state index in [9.17, 15) is 14.7 Å². The fourth-order valence-electron chi connectivity index (χ4n) is 1.88. The molecule has 0 aliphatic carbocycles. The number of hydrogen-bond donors (Lipinski definition) is 3. The summed E-state index contributed by atoms with van der Waals surface area (Å²) in [6.45, 7) is 3.36. The summed E-state index contributed by atoms with van der Waals surface area (Å²) < 4.78 is 0. The zero-order valence-corrected chi connectivity index (χ0v) is 12.1. The lowest BCUT2D eigenvalue weighted by atomic mass is 9.96. The summed E-state index contributed by atoms with van der Waals surface area (Å²) in [7, 11) is 0. The Hall–Kier alpha value is -2.39. The predicted octanol–water partition coefficient (Wildman–Crippen LogP) is 1.73. The first kappa shape index (κ1) is 16.7. The highest BCUT2D eigenvalue weighted by atomic mass is 16.4. The molecule has 1 unspecified atom stereocenters. The molecule has 0 aliphatic rings. The minimum atomic E-state index is -1.11. The molecule has 0 spiro atoms. The molecule has 0 fully saturated rings. The molecule has 1 rings (SSSR count). The molecule has 3 N–H and O–H groups in total. The Morgan fingerprint density at radius 3 is 2.43 bits per heavy atom. The zero-order chi connectivity index (χ0) is 15.9. The summed E-state index contributed by atoms with van der Waals surface area (Å²) in [5, 5.41) is 23.3. The maximum absolute atomic E-state index is 11.8. The molecule has 0 saturated carbocycles. The van der Waals surface area contributed by atoms with Crippen LogP contribution in [-0.4, -0.2) is 29.1 Å². The predicted molar refractivity (Wildman–Crippen MR) is 78.7 cm³/mol. The number of aliphatic carboxylic acids is 1. The first-order chi connectivity index (χ1) is 9.91. The second kappa shape index (κ2) is 7.41. The van der Waals surface area contributed by atoms with Crippen LogP contribution in [-0.2, 0) is 9.59 Å². The number of carboxylic acid groups (broad SMARTS) is 1. The van der Waals surface area contributed by atoms with Gasteiger partial charge in [0, 0.05) is 5.69 Å². The van der Waals surface area contributed by atoms with Crippen LogP contribution in [0.5, 0.6) is 0 Å². The lowest BCUT2D eigenvalue weighted by molar-refractivity contribution is -0.144. The number of nitrogens with zero attached hydrogens (tertiary/aromatic N) is 1. The molecule has 0 bridgehead atoms. The Morgan fingerprint density at radius 1 is 1.33 bits per heavy atom. The Morgan fingerprint density at radius 2 is 1.95 bits per heavy atom. The quantitative estimate of drug-likeness (QED) is 0.709. The van der Waals surface area contributed by atoms with Gasteiger partial charge >= 0.3 is 5.97 Å². The van der Waals surface area contributed by atoms with Crippen molar-refractivity contribution in [2.24, 2.45) is 0 Å². The number of nitrogens with one attached hydrogen (secondary N) is 2. The molecule has 112 valence electrons. The van der Waals surface area contributed by atoms with E-state index in [2.05, 4.69) is 10.6 Å². The maximum atomic E-state index is 11.8. The molecule has 1 atom stereocenters. The van der Waals surface area contributed by atoms with E-state index < -0.39 is 11.5 Å². The Bertz CT molecular complexity index is 548. The smallest absolute Gasteiger partial charge is 0.323 e. The monoisotopic (exact) mass is 289 g/mol. The Kier molecular flexibility index (Phi) is 5.88. The highest BCUT2D eigenvalue weighted by Gasteiger charge is 2.31. The number of carbonyl (C=O) groups is 2. The van der Waals surface area contributed by atoms with Gasteiger partial charge in [-0.2, -0.15) is 5.26 Å². The number of anilines is 1. The summed E-state index contributed by atoms with van der Waals surface area (Å²) in [5.41, 5.74) is -0.0441. The van der Waals surface area contributed by atoms with Crippen molar-refractivity contribution in [3.05, 3.63) is 29.8 Å². The van der Waals surface area contributed by atoms with Crippen molar-refractivity contribution < 1.29 is 14.7 Å². The second-order valence-electron chi connectivity index (χ2n) is 4.98. The first-order valence-corrected chi connectivity index (χ1v) is 6.69. The van der Waals surface area contributed by atoms with E-state index >= 15 is 0 Å². The summed E-state index contributed by atoms with van der Waals surface area (Å²) in [5.74, 6) is -1.31. The van der Waals surface area contributed by atoms with Crippen molar-refractivity contribution in [2.45, 2.75) is 32.2 Å². The lowest BCUT2D eigenvalue weighted by Crippen LogP contribution is -2.51. The van der Waals surface area contributed by atoms with Crippen molar-refractivity contribution >= 4 is 17.6 Å². The van der Waals surface area contributed by atoms with Crippen LogP contribution in [0.15, 0.2) is 24.3 Å². The largest absolute Gasteiger partial charge is 0.480 e. The van der Waals surface area contributed by atoms with Gasteiger partial charge in [-0.15, -0.1) is 0 Å². The zero-order valence-electron chi connectivity index (χ0n) is 12.1. The Balaban J connectivity index is 2.57. The van der Waals surface area contributed by atoms with Crippen LogP contribution in [0, 0.1) is 11.3 Å². The molecular weight excluding hydrogens is 270 g/mol. The third-order valence-electron chi connectivity index (χ3n) is 3.16. The molecule has 0 aromatic heterocycles. The lowest BCUT2D eigenvalue weighted by Gasteiger charge is -2.25.